The van der Waals surface area contributed by atoms with E-state index in [0.717, 1.165) is 6.42 Å². The van der Waals surface area contributed by atoms with Gasteiger partial charge in [-0.3, -0.25) is 14.4 Å². The molecule has 1 fully saturated rings. The third-order valence-electron chi connectivity index (χ3n) is 3.42. The maximum Gasteiger partial charge on any atom is 0.307 e. The normalized spacial score (nSPS) is 22.4. The molecule has 6 heteroatoms. The maximum absolute atomic E-state index is 12.2. The Morgan fingerprint density at radius 1 is 1.20 bits per heavy atom. The standard InChI is InChI=1S/C14H24N2O4/c1-14(2,3)15-11(17)8-16(4)12(18)9-6-5-7-10(9)13(19)20/h9-10H,5-8H2,1-4H3,(H,15,17)(H,19,20). The fourth-order valence-corrected chi connectivity index (χ4v) is 2.59. The van der Waals surface area contributed by atoms with Crippen molar-refractivity contribution in [1.29, 1.82) is 0 Å². The van der Waals surface area contributed by atoms with Crippen molar-refractivity contribution >= 4 is 17.8 Å². The number of aliphatic carboxylic acids is 1. The van der Waals surface area contributed by atoms with E-state index in [1.807, 2.05) is 20.8 Å². The lowest BCUT2D eigenvalue weighted by Crippen LogP contribution is -2.47. The van der Waals surface area contributed by atoms with E-state index in [1.165, 1.54) is 4.90 Å². The Morgan fingerprint density at radius 3 is 2.25 bits per heavy atom. The van der Waals surface area contributed by atoms with Crippen molar-refractivity contribution < 1.29 is 19.5 Å². The SMILES string of the molecule is CN(CC(=O)NC(C)(C)C)C(=O)C1CCCC1C(=O)O. The second-order valence-electron chi connectivity index (χ2n) is 6.47. The predicted molar refractivity (Wildman–Crippen MR) is 74.0 cm³/mol. The lowest BCUT2D eigenvalue weighted by atomic mass is 9.95. The molecular weight excluding hydrogens is 260 g/mol. The molecule has 0 radical (unpaired) electrons. The van der Waals surface area contributed by atoms with Crippen molar-refractivity contribution in [3.63, 3.8) is 0 Å². The smallest absolute Gasteiger partial charge is 0.307 e. The number of amides is 2. The molecule has 0 aliphatic heterocycles. The molecule has 2 amide bonds. The first kappa shape index (κ1) is 16.5. The summed E-state index contributed by atoms with van der Waals surface area (Å²) in [5.74, 6) is -2.53. The average molecular weight is 284 g/mol. The summed E-state index contributed by atoms with van der Waals surface area (Å²) in [5.41, 5.74) is -0.349. The monoisotopic (exact) mass is 284 g/mol. The Labute approximate surface area is 119 Å². The number of nitrogens with one attached hydrogen (secondary N) is 1. The van der Waals surface area contributed by atoms with Crippen LogP contribution in [0.15, 0.2) is 0 Å². The maximum atomic E-state index is 12.2. The zero-order valence-electron chi connectivity index (χ0n) is 12.6. The summed E-state index contributed by atoms with van der Waals surface area (Å²) < 4.78 is 0. The fourth-order valence-electron chi connectivity index (χ4n) is 2.59. The van der Waals surface area contributed by atoms with Crippen molar-refractivity contribution in [2.75, 3.05) is 13.6 Å². The van der Waals surface area contributed by atoms with Crippen LogP contribution in [0, 0.1) is 11.8 Å². The second kappa shape index (κ2) is 6.24. The van der Waals surface area contributed by atoms with Crippen LogP contribution in [0.3, 0.4) is 0 Å². The van der Waals surface area contributed by atoms with Crippen LogP contribution in [-0.2, 0) is 14.4 Å². The third kappa shape index (κ3) is 4.51. The number of carbonyl (C=O) groups excluding carboxylic acids is 2. The first-order valence-electron chi connectivity index (χ1n) is 6.90. The fraction of sp³-hybridized carbons (Fsp3) is 0.786. The predicted octanol–water partition coefficient (Wildman–Crippen LogP) is 0.860. The highest BCUT2D eigenvalue weighted by atomic mass is 16.4. The number of rotatable bonds is 4. The lowest BCUT2D eigenvalue weighted by molar-refractivity contribution is -0.149. The molecule has 0 heterocycles. The van der Waals surface area contributed by atoms with Crippen LogP contribution >= 0.6 is 0 Å². The molecule has 0 bridgehead atoms. The van der Waals surface area contributed by atoms with Gasteiger partial charge in [0.05, 0.1) is 18.4 Å². The van der Waals surface area contributed by atoms with Crippen LogP contribution < -0.4 is 5.32 Å². The first-order valence-corrected chi connectivity index (χ1v) is 6.90. The van der Waals surface area contributed by atoms with Gasteiger partial charge in [0.15, 0.2) is 0 Å². The number of carboxylic acids is 1. The molecule has 1 aliphatic carbocycles. The van der Waals surface area contributed by atoms with Gasteiger partial charge in [-0.05, 0) is 33.6 Å². The number of carboxylic acid groups (broad SMARTS) is 1. The van der Waals surface area contributed by atoms with Gasteiger partial charge >= 0.3 is 5.97 Å². The molecule has 2 N–H and O–H groups in total. The van der Waals surface area contributed by atoms with Gasteiger partial charge in [0.25, 0.3) is 0 Å². The highest BCUT2D eigenvalue weighted by Gasteiger charge is 2.39. The van der Waals surface area contributed by atoms with E-state index >= 15 is 0 Å². The average Bonchev–Trinajstić information content (AvgIpc) is 2.73. The quantitative estimate of drug-likeness (QED) is 0.801. The van der Waals surface area contributed by atoms with Gasteiger partial charge in [-0.25, -0.2) is 0 Å². The van der Waals surface area contributed by atoms with Crippen LogP contribution in [-0.4, -0.2) is 46.9 Å². The van der Waals surface area contributed by atoms with Gasteiger partial charge in [-0.15, -0.1) is 0 Å². The Bertz CT molecular complexity index is 400. The molecule has 20 heavy (non-hydrogen) atoms. The van der Waals surface area contributed by atoms with Crippen molar-refractivity contribution in [2.45, 2.75) is 45.6 Å². The van der Waals surface area contributed by atoms with Crippen molar-refractivity contribution in [3.05, 3.63) is 0 Å². The molecule has 114 valence electrons. The van der Waals surface area contributed by atoms with Crippen LogP contribution in [0.1, 0.15) is 40.0 Å². The number of likely N-dealkylation sites (N-methyl/N-ethyl adjacent to an activating group) is 1. The van der Waals surface area contributed by atoms with Gasteiger partial charge in [-0.2, -0.15) is 0 Å². The number of hydrogen-bond acceptors (Lipinski definition) is 3. The highest BCUT2D eigenvalue weighted by Crippen LogP contribution is 2.33. The van der Waals surface area contributed by atoms with Gasteiger partial charge in [-0.1, -0.05) is 6.42 Å². The van der Waals surface area contributed by atoms with Crippen LogP contribution in [0.5, 0.6) is 0 Å². The Hall–Kier alpha value is -1.59. The minimum Gasteiger partial charge on any atom is -0.481 e. The molecule has 0 aromatic heterocycles. The summed E-state index contributed by atoms with van der Waals surface area (Å²) in [6, 6.07) is 0. The first-order chi connectivity index (χ1) is 9.11. The third-order valence-corrected chi connectivity index (χ3v) is 3.42. The lowest BCUT2D eigenvalue weighted by Gasteiger charge is -2.26. The van der Waals surface area contributed by atoms with Gasteiger partial charge in [0, 0.05) is 12.6 Å². The summed E-state index contributed by atoms with van der Waals surface area (Å²) in [5, 5.41) is 11.9. The molecular formula is C14H24N2O4. The number of hydrogen-bond donors (Lipinski definition) is 2. The largest absolute Gasteiger partial charge is 0.481 e. The van der Waals surface area contributed by atoms with Crippen LogP contribution in [0.2, 0.25) is 0 Å². The van der Waals surface area contributed by atoms with E-state index in [0.29, 0.717) is 12.8 Å². The van der Waals surface area contributed by atoms with Crippen LogP contribution in [0.25, 0.3) is 0 Å². The Morgan fingerprint density at radius 2 is 1.75 bits per heavy atom. The van der Waals surface area contributed by atoms with Crippen molar-refractivity contribution in [1.82, 2.24) is 10.2 Å². The topological polar surface area (TPSA) is 86.7 Å². The minimum absolute atomic E-state index is 0.0427. The highest BCUT2D eigenvalue weighted by molar-refractivity contribution is 5.88. The molecule has 2 unspecified atom stereocenters. The zero-order chi connectivity index (χ0) is 15.5. The molecule has 1 rings (SSSR count). The van der Waals surface area contributed by atoms with E-state index in [-0.39, 0.29) is 23.9 Å². The number of nitrogens with zero attached hydrogens (tertiary/aromatic N) is 1. The number of carbonyl (C=O) groups is 3. The van der Waals surface area contributed by atoms with Gasteiger partial charge in [0.2, 0.25) is 11.8 Å². The summed E-state index contributed by atoms with van der Waals surface area (Å²) in [6.07, 6.45) is 1.87. The van der Waals surface area contributed by atoms with Crippen molar-refractivity contribution in [3.8, 4) is 0 Å². The molecule has 1 saturated carbocycles. The zero-order valence-corrected chi connectivity index (χ0v) is 12.6. The minimum atomic E-state index is -0.923. The van der Waals surface area contributed by atoms with E-state index in [1.54, 1.807) is 7.05 Å². The molecule has 6 nitrogen and oxygen atoms in total. The molecule has 0 aromatic carbocycles. The summed E-state index contributed by atoms with van der Waals surface area (Å²) >= 11 is 0. The van der Waals surface area contributed by atoms with Crippen molar-refractivity contribution in [2.24, 2.45) is 11.8 Å². The summed E-state index contributed by atoms with van der Waals surface area (Å²) in [6.45, 7) is 5.55. The van der Waals surface area contributed by atoms with E-state index < -0.39 is 17.8 Å². The molecule has 0 spiro atoms. The molecule has 0 aromatic rings. The van der Waals surface area contributed by atoms with E-state index in [4.69, 9.17) is 5.11 Å². The Balaban J connectivity index is 2.59. The van der Waals surface area contributed by atoms with Crippen LogP contribution in [0.4, 0.5) is 0 Å². The van der Waals surface area contributed by atoms with E-state index in [2.05, 4.69) is 5.32 Å². The molecule has 2 atom stereocenters. The van der Waals surface area contributed by atoms with E-state index in [9.17, 15) is 14.4 Å². The summed E-state index contributed by atoms with van der Waals surface area (Å²) in [7, 11) is 1.54. The van der Waals surface area contributed by atoms with Gasteiger partial charge < -0.3 is 15.3 Å². The molecule has 1 aliphatic rings. The second-order valence-corrected chi connectivity index (χ2v) is 6.47. The Kier molecular flexibility index (Phi) is 5.14. The van der Waals surface area contributed by atoms with Gasteiger partial charge in [0.1, 0.15) is 0 Å². The summed E-state index contributed by atoms with van der Waals surface area (Å²) in [4.78, 5) is 36.5. The molecule has 0 saturated heterocycles.